The van der Waals surface area contributed by atoms with E-state index in [0.717, 1.165) is 11.1 Å². The molecule has 1 rings (SSSR count). The fourth-order valence-electron chi connectivity index (χ4n) is 1.27. The highest BCUT2D eigenvalue weighted by Gasteiger charge is 2.03. The van der Waals surface area contributed by atoms with E-state index in [1.54, 1.807) is 12.3 Å². The molecule has 0 unspecified atom stereocenters. The summed E-state index contributed by atoms with van der Waals surface area (Å²) in [5.41, 5.74) is 1.71. The molecular weight excluding hydrogens is 233 g/mol. The van der Waals surface area contributed by atoms with Gasteiger partial charge in [0.15, 0.2) is 5.88 Å². The van der Waals surface area contributed by atoms with E-state index in [1.807, 2.05) is 6.92 Å². The van der Waals surface area contributed by atoms with Gasteiger partial charge in [-0.2, -0.15) is 0 Å². The third kappa shape index (κ3) is 4.95. The van der Waals surface area contributed by atoms with Gasteiger partial charge in [-0.05, 0) is 36.8 Å². The van der Waals surface area contributed by atoms with E-state index < -0.39 is 8.32 Å². The lowest BCUT2D eigenvalue weighted by molar-refractivity contribution is 0.421. The van der Waals surface area contributed by atoms with Crippen molar-refractivity contribution in [3.05, 3.63) is 47.6 Å². The van der Waals surface area contributed by atoms with Crippen LogP contribution in [-0.2, 0) is 4.43 Å². The number of rotatable bonds is 4. The Morgan fingerprint density at radius 3 is 2.65 bits per heavy atom. The average molecular weight is 251 g/mol. The third-order valence-corrected chi connectivity index (χ3v) is 2.86. The van der Waals surface area contributed by atoms with Gasteiger partial charge in [0.05, 0.1) is 0 Å². The standard InChI is InChI=1S/C13H18FNOSi/c1-10-6-7-13(14)8-12(10)9-15-11(2)16-17(3,4)5/h6-9H,2H2,1,3-5H3/q-1. The minimum absolute atomic E-state index is 0.270. The fourth-order valence-corrected chi connectivity index (χ4v) is 2.03. The molecule has 0 bridgehead atoms. The minimum atomic E-state index is -1.67. The van der Waals surface area contributed by atoms with E-state index in [-0.39, 0.29) is 5.82 Å². The number of benzene rings is 1. The van der Waals surface area contributed by atoms with Crippen molar-refractivity contribution in [1.29, 1.82) is 0 Å². The van der Waals surface area contributed by atoms with E-state index in [9.17, 15) is 4.39 Å². The van der Waals surface area contributed by atoms with Crippen LogP contribution in [0.25, 0.3) is 0 Å². The van der Waals surface area contributed by atoms with Crippen LogP contribution in [-0.4, -0.2) is 14.5 Å². The van der Waals surface area contributed by atoms with E-state index in [1.165, 1.54) is 12.1 Å². The van der Waals surface area contributed by atoms with Crippen LogP contribution in [0.5, 0.6) is 0 Å². The lowest BCUT2D eigenvalue weighted by Crippen LogP contribution is -2.24. The Balaban J connectivity index is 2.77. The highest BCUT2D eigenvalue weighted by Crippen LogP contribution is 2.11. The molecule has 2 nitrogen and oxygen atoms in total. The molecule has 0 aliphatic rings. The van der Waals surface area contributed by atoms with Gasteiger partial charge in [0, 0.05) is 14.5 Å². The second kappa shape index (κ2) is 5.27. The zero-order valence-electron chi connectivity index (χ0n) is 10.7. The van der Waals surface area contributed by atoms with Crippen LogP contribution in [0.1, 0.15) is 11.1 Å². The average Bonchev–Trinajstić information content (AvgIpc) is 2.17. The summed E-state index contributed by atoms with van der Waals surface area (Å²) in [5, 5.41) is 0. The van der Waals surface area contributed by atoms with Gasteiger partial charge in [-0.15, -0.1) is 19.6 Å². The summed E-state index contributed by atoms with van der Waals surface area (Å²) in [5.74, 6) is 0.113. The number of aryl methyl sites for hydroxylation is 1. The Labute approximate surface area is 103 Å². The molecule has 4 heteroatoms. The molecule has 0 saturated heterocycles. The summed E-state index contributed by atoms with van der Waals surface area (Å²) in [7, 11) is -1.67. The number of halogens is 1. The van der Waals surface area contributed by atoms with E-state index in [0.29, 0.717) is 5.88 Å². The van der Waals surface area contributed by atoms with Crippen molar-refractivity contribution in [3.8, 4) is 0 Å². The van der Waals surface area contributed by atoms with Gasteiger partial charge in [0.2, 0.25) is 0 Å². The summed E-state index contributed by atoms with van der Waals surface area (Å²) < 4.78 is 18.6. The van der Waals surface area contributed by atoms with Gasteiger partial charge < -0.3 is 4.43 Å². The number of hydrogen-bond acceptors (Lipinski definition) is 2. The Morgan fingerprint density at radius 1 is 1.41 bits per heavy atom. The highest BCUT2D eigenvalue weighted by atomic mass is 28.4. The number of aliphatic imine (C=N–C) groups is 1. The first-order chi connectivity index (χ1) is 7.78. The molecule has 1 aromatic rings. The minimum Gasteiger partial charge on any atom is -0.677 e. The first-order valence-corrected chi connectivity index (χ1v) is 8.87. The van der Waals surface area contributed by atoms with Crippen molar-refractivity contribution < 1.29 is 8.82 Å². The predicted octanol–water partition coefficient (Wildman–Crippen LogP) is 3.88. The van der Waals surface area contributed by atoms with Crippen LogP contribution in [0.4, 0.5) is 4.39 Å². The van der Waals surface area contributed by atoms with Crippen LogP contribution in [0.3, 0.4) is 0 Å². The molecule has 93 valence electrons. The molecule has 0 aliphatic carbocycles. The Bertz CT molecular complexity index is 449. The summed E-state index contributed by atoms with van der Waals surface area (Å²) in [4.78, 5) is 4.11. The van der Waals surface area contributed by atoms with Crippen LogP contribution < -0.4 is 0 Å². The smallest absolute Gasteiger partial charge is 0.161 e. The van der Waals surface area contributed by atoms with Crippen molar-refractivity contribution >= 4 is 14.5 Å². The molecule has 0 aliphatic heterocycles. The molecule has 17 heavy (non-hydrogen) atoms. The van der Waals surface area contributed by atoms with Gasteiger partial charge in [-0.3, -0.25) is 0 Å². The molecule has 0 radical (unpaired) electrons. The fraction of sp³-hybridized carbons (Fsp3) is 0.308. The molecule has 0 amide bonds. The van der Waals surface area contributed by atoms with Crippen molar-refractivity contribution in [2.24, 2.45) is 4.99 Å². The Kier molecular flexibility index (Phi) is 4.23. The molecule has 1 aromatic carbocycles. The molecule has 0 fully saturated rings. The van der Waals surface area contributed by atoms with E-state index in [2.05, 4.69) is 31.2 Å². The lowest BCUT2D eigenvalue weighted by atomic mass is 10.1. The molecule has 0 heterocycles. The quantitative estimate of drug-likeness (QED) is 0.452. The van der Waals surface area contributed by atoms with Crippen molar-refractivity contribution in [1.82, 2.24) is 0 Å². The second-order valence-electron chi connectivity index (χ2n) is 4.87. The van der Waals surface area contributed by atoms with Crippen molar-refractivity contribution in [2.45, 2.75) is 26.6 Å². The second-order valence-corrected chi connectivity index (χ2v) is 9.30. The van der Waals surface area contributed by atoms with Gasteiger partial charge in [0.25, 0.3) is 0 Å². The lowest BCUT2D eigenvalue weighted by Gasteiger charge is -2.31. The van der Waals surface area contributed by atoms with Crippen LogP contribution in [0.2, 0.25) is 19.6 Å². The van der Waals surface area contributed by atoms with Gasteiger partial charge in [0.1, 0.15) is 5.82 Å². The van der Waals surface area contributed by atoms with Crippen LogP contribution in [0.15, 0.2) is 35.7 Å². The molecule has 0 atom stereocenters. The Hall–Kier alpha value is -1.42. The SMILES string of the molecule is C=C(N=Cc1cc(F)ccc1C)O[Si-](C)(C)C. The maximum atomic E-state index is 13.0. The summed E-state index contributed by atoms with van der Waals surface area (Å²) in [6.45, 7) is 11.8. The van der Waals surface area contributed by atoms with Gasteiger partial charge >= 0.3 is 0 Å². The van der Waals surface area contributed by atoms with Crippen molar-refractivity contribution in [3.63, 3.8) is 0 Å². The maximum Gasteiger partial charge on any atom is 0.161 e. The molecule has 0 spiro atoms. The van der Waals surface area contributed by atoms with Crippen LogP contribution >= 0.6 is 0 Å². The van der Waals surface area contributed by atoms with E-state index in [4.69, 9.17) is 4.43 Å². The van der Waals surface area contributed by atoms with Crippen molar-refractivity contribution in [2.75, 3.05) is 0 Å². The van der Waals surface area contributed by atoms with Gasteiger partial charge in [-0.25, -0.2) is 9.38 Å². The topological polar surface area (TPSA) is 21.6 Å². The van der Waals surface area contributed by atoms with Crippen LogP contribution in [0, 0.1) is 12.7 Å². The first kappa shape index (κ1) is 13.6. The monoisotopic (exact) mass is 251 g/mol. The first-order valence-electron chi connectivity index (χ1n) is 5.46. The van der Waals surface area contributed by atoms with E-state index >= 15 is 0 Å². The highest BCUT2D eigenvalue weighted by molar-refractivity contribution is 6.70. The maximum absolute atomic E-state index is 13.0. The van der Waals surface area contributed by atoms with Gasteiger partial charge in [-0.1, -0.05) is 6.07 Å². The zero-order valence-corrected chi connectivity index (χ0v) is 11.7. The summed E-state index contributed by atoms with van der Waals surface area (Å²) in [6.07, 6.45) is 1.58. The largest absolute Gasteiger partial charge is 0.677 e. The third-order valence-electron chi connectivity index (χ3n) is 2.01. The molecule has 0 N–H and O–H groups in total. The number of nitrogens with zero attached hydrogens (tertiary/aromatic N) is 1. The normalized spacial score (nSPS) is 11.8. The Morgan fingerprint density at radius 2 is 2.06 bits per heavy atom. The molecule has 0 aromatic heterocycles. The molecular formula is C13H18FNOSi-. The predicted molar refractivity (Wildman–Crippen MR) is 72.3 cm³/mol. The summed E-state index contributed by atoms with van der Waals surface area (Å²) >= 11 is 0. The zero-order chi connectivity index (χ0) is 13.1. The number of hydrogen-bond donors (Lipinski definition) is 0. The molecule has 0 saturated carbocycles. The summed E-state index contributed by atoms with van der Waals surface area (Å²) in [6, 6.07) is 4.60.